The standard InChI is InChI=1S/C24H25N3O/c28-24-21(20-7-1-2-8-23(20)26-24)16-19-15-18-14-17(9-10-22(18)25-19)6-5-13-27-11-3-4-12-27/h1-2,7-10,14-16,25H,3-6,11-13H2,(H,26,28)/b21-16+. The van der Waals surface area contributed by atoms with E-state index in [1.165, 1.54) is 49.8 Å². The zero-order valence-electron chi connectivity index (χ0n) is 16.0. The number of aromatic amines is 1. The highest BCUT2D eigenvalue weighted by Crippen LogP contribution is 2.33. The third-order valence-electron chi connectivity index (χ3n) is 5.85. The molecule has 0 radical (unpaired) electrons. The number of fused-ring (bicyclic) bond motifs is 2. The van der Waals surface area contributed by atoms with Crippen molar-refractivity contribution in [2.45, 2.75) is 25.7 Å². The molecule has 0 aliphatic carbocycles. The van der Waals surface area contributed by atoms with Gasteiger partial charge in [-0.15, -0.1) is 0 Å². The molecule has 2 aromatic carbocycles. The molecular formula is C24H25N3O. The number of para-hydroxylation sites is 1. The lowest BCUT2D eigenvalue weighted by Gasteiger charge is -2.13. The Kier molecular flexibility index (Phi) is 4.49. The molecule has 0 unspecified atom stereocenters. The maximum atomic E-state index is 12.3. The van der Waals surface area contributed by atoms with Crippen LogP contribution in [0.5, 0.6) is 0 Å². The number of nitrogens with zero attached hydrogens (tertiary/aromatic N) is 1. The summed E-state index contributed by atoms with van der Waals surface area (Å²) in [4.78, 5) is 18.3. The van der Waals surface area contributed by atoms with E-state index in [9.17, 15) is 4.79 Å². The van der Waals surface area contributed by atoms with Crippen LogP contribution in [0, 0.1) is 0 Å². The van der Waals surface area contributed by atoms with Crippen LogP contribution in [0.25, 0.3) is 22.6 Å². The Morgan fingerprint density at radius 2 is 1.89 bits per heavy atom. The maximum Gasteiger partial charge on any atom is 0.256 e. The van der Waals surface area contributed by atoms with Gasteiger partial charge in [0.05, 0.1) is 5.57 Å². The SMILES string of the molecule is O=C1Nc2ccccc2/C1=C\c1cc2cc(CCCN3CCCC3)ccc2[nH]1. The first-order valence-electron chi connectivity index (χ1n) is 10.2. The van der Waals surface area contributed by atoms with E-state index < -0.39 is 0 Å². The average molecular weight is 371 g/mol. The van der Waals surface area contributed by atoms with Gasteiger partial charge in [-0.25, -0.2) is 0 Å². The van der Waals surface area contributed by atoms with Gasteiger partial charge in [-0.2, -0.15) is 0 Å². The summed E-state index contributed by atoms with van der Waals surface area (Å²) in [7, 11) is 0. The lowest BCUT2D eigenvalue weighted by molar-refractivity contribution is -0.110. The van der Waals surface area contributed by atoms with Crippen LogP contribution >= 0.6 is 0 Å². The number of likely N-dealkylation sites (tertiary alicyclic amines) is 1. The molecule has 2 N–H and O–H groups in total. The van der Waals surface area contributed by atoms with Crippen molar-refractivity contribution in [3.05, 3.63) is 65.4 Å². The van der Waals surface area contributed by atoms with Crippen LogP contribution in [0.15, 0.2) is 48.5 Å². The number of carbonyl (C=O) groups excluding carboxylic acids is 1. The first kappa shape index (κ1) is 17.3. The number of hydrogen-bond donors (Lipinski definition) is 2. The van der Waals surface area contributed by atoms with Gasteiger partial charge in [-0.3, -0.25) is 4.79 Å². The molecule has 1 aromatic heterocycles. The Bertz CT molecular complexity index is 1060. The van der Waals surface area contributed by atoms with E-state index in [2.05, 4.69) is 39.5 Å². The van der Waals surface area contributed by atoms with E-state index in [4.69, 9.17) is 0 Å². The van der Waals surface area contributed by atoms with Crippen molar-refractivity contribution in [3.63, 3.8) is 0 Å². The fourth-order valence-corrected chi connectivity index (χ4v) is 4.39. The monoisotopic (exact) mass is 371 g/mol. The van der Waals surface area contributed by atoms with Gasteiger partial charge >= 0.3 is 0 Å². The van der Waals surface area contributed by atoms with Crippen LogP contribution in [-0.4, -0.2) is 35.4 Å². The molecule has 1 saturated heterocycles. The number of aryl methyl sites for hydroxylation is 1. The normalized spacial score (nSPS) is 18.1. The van der Waals surface area contributed by atoms with Crippen molar-refractivity contribution >= 4 is 34.1 Å². The third-order valence-corrected chi connectivity index (χ3v) is 5.85. The number of carbonyl (C=O) groups is 1. The van der Waals surface area contributed by atoms with E-state index in [0.717, 1.165) is 28.9 Å². The Balaban J connectivity index is 1.34. The minimum atomic E-state index is -0.0394. The quantitative estimate of drug-likeness (QED) is 0.639. The molecule has 28 heavy (non-hydrogen) atoms. The van der Waals surface area contributed by atoms with Crippen LogP contribution in [0.1, 0.15) is 36.1 Å². The van der Waals surface area contributed by atoms with Crippen molar-refractivity contribution in [1.29, 1.82) is 0 Å². The summed E-state index contributed by atoms with van der Waals surface area (Å²) < 4.78 is 0. The van der Waals surface area contributed by atoms with Crippen LogP contribution in [0.4, 0.5) is 5.69 Å². The topological polar surface area (TPSA) is 48.1 Å². The smallest absolute Gasteiger partial charge is 0.256 e. The lowest BCUT2D eigenvalue weighted by Crippen LogP contribution is -2.20. The number of anilines is 1. The van der Waals surface area contributed by atoms with Crippen molar-refractivity contribution < 1.29 is 4.79 Å². The van der Waals surface area contributed by atoms with Gasteiger partial charge in [0.1, 0.15) is 0 Å². The van der Waals surface area contributed by atoms with E-state index in [-0.39, 0.29) is 5.91 Å². The number of benzene rings is 2. The molecular weight excluding hydrogens is 346 g/mol. The summed E-state index contributed by atoms with van der Waals surface area (Å²) in [5, 5.41) is 4.14. The molecule has 4 nitrogen and oxygen atoms in total. The molecule has 3 heterocycles. The minimum absolute atomic E-state index is 0.0394. The van der Waals surface area contributed by atoms with Crippen LogP contribution in [-0.2, 0) is 11.2 Å². The van der Waals surface area contributed by atoms with Crippen LogP contribution in [0.2, 0.25) is 0 Å². The molecule has 3 aromatic rings. The molecule has 142 valence electrons. The van der Waals surface area contributed by atoms with Crippen molar-refractivity contribution in [3.8, 4) is 0 Å². The first-order valence-corrected chi connectivity index (χ1v) is 10.2. The molecule has 1 amide bonds. The molecule has 0 atom stereocenters. The summed E-state index contributed by atoms with van der Waals surface area (Å²) in [5.74, 6) is -0.0394. The van der Waals surface area contributed by atoms with E-state index in [1.54, 1.807) is 0 Å². The summed E-state index contributed by atoms with van der Waals surface area (Å²) in [6.45, 7) is 3.74. The maximum absolute atomic E-state index is 12.3. The number of aromatic nitrogens is 1. The van der Waals surface area contributed by atoms with Gasteiger partial charge in [0, 0.05) is 27.8 Å². The summed E-state index contributed by atoms with van der Waals surface area (Å²) in [6, 6.07) is 16.6. The molecule has 0 spiro atoms. The Morgan fingerprint density at radius 1 is 1.04 bits per heavy atom. The van der Waals surface area contributed by atoms with Crippen LogP contribution in [0.3, 0.4) is 0 Å². The number of amides is 1. The van der Waals surface area contributed by atoms with E-state index >= 15 is 0 Å². The van der Waals surface area contributed by atoms with Gasteiger partial charge in [-0.05, 0) is 81.2 Å². The largest absolute Gasteiger partial charge is 0.355 e. The van der Waals surface area contributed by atoms with E-state index in [1.807, 2.05) is 30.3 Å². The Labute approximate surface area is 165 Å². The van der Waals surface area contributed by atoms with Crippen LogP contribution < -0.4 is 5.32 Å². The fourth-order valence-electron chi connectivity index (χ4n) is 4.39. The molecule has 1 fully saturated rings. The van der Waals surface area contributed by atoms with Gasteiger partial charge in [0.2, 0.25) is 0 Å². The highest BCUT2D eigenvalue weighted by Gasteiger charge is 2.23. The van der Waals surface area contributed by atoms with Gasteiger partial charge in [0.15, 0.2) is 0 Å². The minimum Gasteiger partial charge on any atom is -0.355 e. The van der Waals surface area contributed by atoms with Gasteiger partial charge in [0.25, 0.3) is 5.91 Å². The van der Waals surface area contributed by atoms with E-state index in [0.29, 0.717) is 5.57 Å². The molecule has 5 rings (SSSR count). The average Bonchev–Trinajstić information content (AvgIpc) is 3.41. The zero-order chi connectivity index (χ0) is 18.9. The summed E-state index contributed by atoms with van der Waals surface area (Å²) in [5.41, 5.74) is 6.03. The fraction of sp³-hybridized carbons (Fsp3) is 0.292. The summed E-state index contributed by atoms with van der Waals surface area (Å²) >= 11 is 0. The van der Waals surface area contributed by atoms with Gasteiger partial charge in [-0.1, -0.05) is 24.3 Å². The molecule has 4 heteroatoms. The first-order chi connectivity index (χ1) is 13.8. The van der Waals surface area contributed by atoms with Gasteiger partial charge < -0.3 is 15.2 Å². The second kappa shape index (κ2) is 7.28. The zero-order valence-corrected chi connectivity index (χ0v) is 16.0. The third kappa shape index (κ3) is 3.36. The Hall–Kier alpha value is -2.85. The molecule has 2 aliphatic rings. The molecule has 0 bridgehead atoms. The predicted octanol–water partition coefficient (Wildman–Crippen LogP) is 4.69. The highest BCUT2D eigenvalue weighted by molar-refractivity contribution is 6.34. The van der Waals surface area contributed by atoms with Crippen molar-refractivity contribution in [1.82, 2.24) is 9.88 Å². The van der Waals surface area contributed by atoms with Crippen molar-refractivity contribution in [2.24, 2.45) is 0 Å². The predicted molar refractivity (Wildman–Crippen MR) is 115 cm³/mol. The van der Waals surface area contributed by atoms with Crippen molar-refractivity contribution in [2.75, 3.05) is 25.0 Å². The molecule has 0 saturated carbocycles. The number of hydrogen-bond acceptors (Lipinski definition) is 2. The number of nitrogens with one attached hydrogen (secondary N) is 2. The Morgan fingerprint density at radius 3 is 2.79 bits per heavy atom. The highest BCUT2D eigenvalue weighted by atomic mass is 16.2. The molecule has 2 aliphatic heterocycles. The second-order valence-electron chi connectivity index (χ2n) is 7.86. The number of rotatable bonds is 5. The number of H-pyrrole nitrogens is 1. The summed E-state index contributed by atoms with van der Waals surface area (Å²) in [6.07, 6.45) is 6.99. The second-order valence-corrected chi connectivity index (χ2v) is 7.86. The lowest BCUT2D eigenvalue weighted by atomic mass is 10.1.